The zero-order valence-electron chi connectivity index (χ0n) is 13.0. The summed E-state index contributed by atoms with van der Waals surface area (Å²) >= 11 is 12.1. The molecule has 0 aliphatic rings. The molecule has 0 spiro atoms. The molecule has 0 saturated carbocycles. The van der Waals surface area contributed by atoms with Gasteiger partial charge in [-0.05, 0) is 18.6 Å². The van der Waals surface area contributed by atoms with Gasteiger partial charge in [0, 0.05) is 33.2 Å². The number of ether oxygens (including phenoxy) is 1. The van der Waals surface area contributed by atoms with Crippen molar-refractivity contribution < 1.29 is 17.9 Å². The van der Waals surface area contributed by atoms with E-state index in [9.17, 15) is 13.2 Å². The van der Waals surface area contributed by atoms with Gasteiger partial charge in [0.1, 0.15) is 0 Å². The highest BCUT2D eigenvalue weighted by molar-refractivity contribution is 7.92. The maximum absolute atomic E-state index is 12.0. The van der Waals surface area contributed by atoms with E-state index >= 15 is 0 Å². The number of amides is 1. The van der Waals surface area contributed by atoms with E-state index in [1.165, 1.54) is 0 Å². The zero-order valence-corrected chi connectivity index (χ0v) is 15.3. The van der Waals surface area contributed by atoms with Gasteiger partial charge in [-0.3, -0.25) is 9.10 Å². The van der Waals surface area contributed by atoms with E-state index in [2.05, 4.69) is 5.32 Å². The van der Waals surface area contributed by atoms with Crippen LogP contribution < -0.4 is 9.62 Å². The maximum atomic E-state index is 12.0. The topological polar surface area (TPSA) is 75.7 Å². The maximum Gasteiger partial charge on any atom is 0.232 e. The predicted molar refractivity (Wildman–Crippen MR) is 92.8 cm³/mol. The van der Waals surface area contributed by atoms with Crippen LogP contribution in [0.2, 0.25) is 10.0 Å². The molecule has 6 nitrogen and oxygen atoms in total. The number of sulfonamides is 1. The first-order valence-corrected chi connectivity index (χ1v) is 9.55. The average molecular weight is 383 g/mol. The molecular formula is C14H20Cl2N2O4S. The Morgan fingerprint density at radius 1 is 1.30 bits per heavy atom. The van der Waals surface area contributed by atoms with Gasteiger partial charge >= 0.3 is 0 Å². The fourth-order valence-electron chi connectivity index (χ4n) is 1.91. The van der Waals surface area contributed by atoms with E-state index in [0.29, 0.717) is 19.6 Å². The lowest BCUT2D eigenvalue weighted by molar-refractivity contribution is -0.120. The molecule has 9 heteroatoms. The lowest BCUT2D eigenvalue weighted by atomic mass is 10.3. The Morgan fingerprint density at radius 2 is 1.91 bits per heavy atom. The molecule has 0 fully saturated rings. The number of hydrogen-bond donors (Lipinski definition) is 1. The first-order valence-electron chi connectivity index (χ1n) is 6.94. The summed E-state index contributed by atoms with van der Waals surface area (Å²) in [6.45, 7) is 0.974. The molecule has 0 unspecified atom stereocenters. The van der Waals surface area contributed by atoms with Crippen LogP contribution in [-0.2, 0) is 19.6 Å². The number of benzene rings is 1. The normalized spacial score (nSPS) is 11.3. The molecule has 0 radical (unpaired) electrons. The summed E-state index contributed by atoms with van der Waals surface area (Å²) < 4.78 is 29.9. The van der Waals surface area contributed by atoms with Gasteiger partial charge in [-0.25, -0.2) is 8.42 Å². The van der Waals surface area contributed by atoms with Crippen molar-refractivity contribution in [1.82, 2.24) is 5.32 Å². The SMILES string of the molecule is COCCCNC(=O)CCN(c1c(Cl)cccc1Cl)S(C)(=O)=O. The third kappa shape index (κ3) is 6.55. The first kappa shape index (κ1) is 20.0. The minimum absolute atomic E-state index is 0.00159. The third-order valence-corrected chi connectivity index (χ3v) is 4.75. The second-order valence-electron chi connectivity index (χ2n) is 4.85. The summed E-state index contributed by atoms with van der Waals surface area (Å²) in [5, 5.41) is 3.12. The summed E-state index contributed by atoms with van der Waals surface area (Å²) in [4.78, 5) is 11.8. The Kier molecular flexibility index (Phi) is 8.11. The zero-order chi connectivity index (χ0) is 17.5. The molecule has 0 aromatic heterocycles. The molecule has 0 aliphatic heterocycles. The predicted octanol–water partition coefficient (Wildman–Crippen LogP) is 2.30. The van der Waals surface area contributed by atoms with Crippen LogP contribution in [0.25, 0.3) is 0 Å². The smallest absolute Gasteiger partial charge is 0.232 e. The fourth-order valence-corrected chi connectivity index (χ4v) is 3.56. The minimum Gasteiger partial charge on any atom is -0.385 e. The van der Waals surface area contributed by atoms with Crippen LogP contribution in [0.1, 0.15) is 12.8 Å². The van der Waals surface area contributed by atoms with E-state index in [4.69, 9.17) is 27.9 Å². The highest BCUT2D eigenvalue weighted by Crippen LogP contribution is 2.34. The fraction of sp³-hybridized carbons (Fsp3) is 0.500. The Bertz CT molecular complexity index is 617. The van der Waals surface area contributed by atoms with Crippen molar-refractivity contribution in [3.63, 3.8) is 0 Å². The molecular weight excluding hydrogens is 363 g/mol. The van der Waals surface area contributed by atoms with Crippen molar-refractivity contribution in [2.75, 3.05) is 37.4 Å². The van der Waals surface area contributed by atoms with Crippen molar-refractivity contribution in [2.24, 2.45) is 0 Å². The van der Waals surface area contributed by atoms with Crippen LogP contribution in [0.5, 0.6) is 0 Å². The van der Waals surface area contributed by atoms with Crippen molar-refractivity contribution in [3.8, 4) is 0 Å². The molecule has 0 bridgehead atoms. The molecule has 130 valence electrons. The largest absolute Gasteiger partial charge is 0.385 e. The van der Waals surface area contributed by atoms with Crippen molar-refractivity contribution in [3.05, 3.63) is 28.2 Å². The lowest BCUT2D eigenvalue weighted by Gasteiger charge is -2.24. The Morgan fingerprint density at radius 3 is 2.43 bits per heavy atom. The highest BCUT2D eigenvalue weighted by Gasteiger charge is 2.23. The van der Waals surface area contributed by atoms with Gasteiger partial charge in [-0.2, -0.15) is 0 Å². The number of anilines is 1. The number of halogens is 2. The van der Waals surface area contributed by atoms with E-state index in [-0.39, 0.29) is 34.6 Å². The highest BCUT2D eigenvalue weighted by atomic mass is 35.5. The lowest BCUT2D eigenvalue weighted by Crippen LogP contribution is -2.35. The van der Waals surface area contributed by atoms with Gasteiger partial charge in [0.2, 0.25) is 15.9 Å². The molecule has 1 aromatic carbocycles. The van der Waals surface area contributed by atoms with Gasteiger partial charge < -0.3 is 10.1 Å². The third-order valence-electron chi connectivity index (χ3n) is 2.98. The van der Waals surface area contributed by atoms with Gasteiger partial charge in [0.25, 0.3) is 0 Å². The van der Waals surface area contributed by atoms with Crippen LogP contribution in [0.15, 0.2) is 18.2 Å². The number of methoxy groups -OCH3 is 1. The van der Waals surface area contributed by atoms with Crippen LogP contribution in [-0.4, -0.2) is 47.4 Å². The quantitative estimate of drug-likeness (QED) is 0.664. The number of hydrogen-bond acceptors (Lipinski definition) is 4. The number of rotatable bonds is 9. The molecule has 1 N–H and O–H groups in total. The molecule has 1 amide bonds. The number of carbonyl (C=O) groups excluding carboxylic acids is 1. The van der Waals surface area contributed by atoms with Crippen molar-refractivity contribution in [1.29, 1.82) is 0 Å². The first-order chi connectivity index (χ1) is 10.8. The summed E-state index contributed by atoms with van der Waals surface area (Å²) in [6, 6.07) is 4.72. The number of nitrogens with zero attached hydrogens (tertiary/aromatic N) is 1. The van der Waals surface area contributed by atoms with Gasteiger partial charge in [-0.1, -0.05) is 29.3 Å². The van der Waals surface area contributed by atoms with Gasteiger partial charge in [0.05, 0.1) is 22.0 Å². The van der Waals surface area contributed by atoms with Crippen LogP contribution in [0.4, 0.5) is 5.69 Å². The number of carbonyl (C=O) groups is 1. The summed E-state index contributed by atoms with van der Waals surface area (Å²) in [6.07, 6.45) is 1.74. The van der Waals surface area contributed by atoms with Gasteiger partial charge in [0.15, 0.2) is 0 Å². The second-order valence-corrected chi connectivity index (χ2v) is 7.57. The number of nitrogens with one attached hydrogen (secondary N) is 1. The monoisotopic (exact) mass is 382 g/mol. The van der Waals surface area contributed by atoms with Crippen molar-refractivity contribution >= 4 is 44.8 Å². The Balaban J connectivity index is 2.77. The van der Waals surface area contributed by atoms with E-state index in [1.54, 1.807) is 25.3 Å². The summed E-state index contributed by atoms with van der Waals surface area (Å²) in [5.74, 6) is -0.252. The standard InChI is InChI=1S/C14H20Cl2N2O4S/c1-22-10-4-8-17-13(19)7-9-18(23(2,20)21)14-11(15)5-3-6-12(14)16/h3,5-6H,4,7-10H2,1-2H3,(H,17,19). The molecule has 0 aliphatic carbocycles. The van der Waals surface area contributed by atoms with E-state index in [0.717, 1.165) is 10.6 Å². The average Bonchev–Trinajstić information content (AvgIpc) is 2.45. The summed E-state index contributed by atoms with van der Waals surface area (Å²) in [7, 11) is -2.04. The van der Waals surface area contributed by atoms with Gasteiger partial charge in [-0.15, -0.1) is 0 Å². The van der Waals surface area contributed by atoms with Crippen LogP contribution in [0, 0.1) is 0 Å². The van der Waals surface area contributed by atoms with E-state index < -0.39 is 10.0 Å². The number of para-hydroxylation sites is 1. The minimum atomic E-state index is -3.62. The van der Waals surface area contributed by atoms with Crippen molar-refractivity contribution in [2.45, 2.75) is 12.8 Å². The Labute approximate surface area is 146 Å². The molecule has 0 atom stereocenters. The molecule has 1 rings (SSSR count). The molecule has 0 saturated heterocycles. The molecule has 1 aromatic rings. The second kappa shape index (κ2) is 9.32. The van der Waals surface area contributed by atoms with E-state index in [1.807, 2.05) is 0 Å². The molecule has 23 heavy (non-hydrogen) atoms. The van der Waals surface area contributed by atoms with Crippen LogP contribution in [0.3, 0.4) is 0 Å². The van der Waals surface area contributed by atoms with Crippen LogP contribution >= 0.6 is 23.2 Å². The molecule has 0 heterocycles. The Hall–Kier alpha value is -1.02. The summed E-state index contributed by atoms with van der Waals surface area (Å²) in [5.41, 5.74) is 0.186.